The van der Waals surface area contributed by atoms with Gasteiger partial charge in [-0.15, -0.1) is 0 Å². The van der Waals surface area contributed by atoms with Crippen LogP contribution in [0, 0.1) is 6.92 Å². The molecule has 3 heteroatoms. The molecule has 1 atom stereocenters. The zero-order valence-corrected chi connectivity index (χ0v) is 10.9. The molecule has 0 aliphatic heterocycles. The first-order chi connectivity index (χ1) is 9.19. The second-order valence-electron chi connectivity index (χ2n) is 4.60. The molecule has 0 aromatic heterocycles. The van der Waals surface area contributed by atoms with Gasteiger partial charge in [-0.2, -0.15) is 0 Å². The molecule has 100 valence electrons. The summed E-state index contributed by atoms with van der Waals surface area (Å²) in [5.74, 6) is 0.837. The molecule has 19 heavy (non-hydrogen) atoms. The number of aromatic hydroxyl groups is 1. The number of aliphatic hydroxyl groups excluding tert-OH is 1. The third-order valence-corrected chi connectivity index (χ3v) is 3.03. The minimum Gasteiger partial charge on any atom is -0.508 e. The fourth-order valence-electron chi connectivity index (χ4n) is 1.86. The van der Waals surface area contributed by atoms with Crippen molar-refractivity contribution in [3.05, 3.63) is 59.7 Å². The predicted molar refractivity (Wildman–Crippen MR) is 74.6 cm³/mol. The van der Waals surface area contributed by atoms with E-state index in [1.54, 1.807) is 18.2 Å². The highest BCUT2D eigenvalue weighted by Crippen LogP contribution is 2.21. The van der Waals surface area contributed by atoms with Crippen molar-refractivity contribution in [1.29, 1.82) is 0 Å². The Morgan fingerprint density at radius 1 is 1.11 bits per heavy atom. The second kappa shape index (κ2) is 6.25. The Hall–Kier alpha value is -2.00. The Balaban J connectivity index is 2.01. The summed E-state index contributed by atoms with van der Waals surface area (Å²) in [6.07, 6.45) is 0. The van der Waals surface area contributed by atoms with Crippen LogP contribution < -0.4 is 4.74 Å². The Kier molecular flexibility index (Phi) is 4.42. The highest BCUT2D eigenvalue weighted by molar-refractivity contribution is 5.30. The van der Waals surface area contributed by atoms with E-state index in [4.69, 9.17) is 4.74 Å². The predicted octanol–water partition coefficient (Wildman–Crippen LogP) is 2.86. The number of hydrogen-bond donors (Lipinski definition) is 2. The SMILES string of the molecule is Cc1ccc(OCC(CO)c2cccc(O)c2)cc1. The highest BCUT2D eigenvalue weighted by atomic mass is 16.5. The molecule has 3 nitrogen and oxygen atoms in total. The molecule has 1 unspecified atom stereocenters. The Morgan fingerprint density at radius 3 is 2.47 bits per heavy atom. The molecule has 0 amide bonds. The molecule has 0 saturated heterocycles. The molecule has 0 bridgehead atoms. The lowest BCUT2D eigenvalue weighted by Gasteiger charge is -2.16. The first-order valence-corrected chi connectivity index (χ1v) is 6.28. The summed E-state index contributed by atoms with van der Waals surface area (Å²) in [6.45, 7) is 2.38. The normalized spacial score (nSPS) is 12.1. The van der Waals surface area contributed by atoms with Crippen LogP contribution in [0.1, 0.15) is 17.0 Å². The number of phenols is 1. The summed E-state index contributed by atoms with van der Waals surface area (Å²) < 4.78 is 5.67. The molecule has 2 rings (SSSR count). The molecule has 2 N–H and O–H groups in total. The van der Waals surface area contributed by atoms with Crippen LogP contribution in [0.4, 0.5) is 0 Å². The average molecular weight is 258 g/mol. The molecule has 0 aliphatic rings. The summed E-state index contributed by atoms with van der Waals surface area (Å²) in [4.78, 5) is 0. The van der Waals surface area contributed by atoms with E-state index in [9.17, 15) is 10.2 Å². The third-order valence-electron chi connectivity index (χ3n) is 3.03. The van der Waals surface area contributed by atoms with Crippen LogP contribution in [0.5, 0.6) is 11.5 Å². The lowest BCUT2D eigenvalue weighted by Crippen LogP contribution is -2.14. The molecule has 2 aromatic carbocycles. The van der Waals surface area contributed by atoms with Crippen LogP contribution in [0.25, 0.3) is 0 Å². The minimum absolute atomic E-state index is 0.0185. The molecule has 0 heterocycles. The average Bonchev–Trinajstić information content (AvgIpc) is 2.42. The van der Waals surface area contributed by atoms with Gasteiger partial charge in [-0.05, 0) is 36.8 Å². The van der Waals surface area contributed by atoms with Crippen LogP contribution in [-0.4, -0.2) is 23.4 Å². The smallest absolute Gasteiger partial charge is 0.119 e. The summed E-state index contributed by atoms with van der Waals surface area (Å²) in [5, 5.41) is 18.9. The van der Waals surface area contributed by atoms with Crippen LogP contribution in [0.3, 0.4) is 0 Å². The van der Waals surface area contributed by atoms with Crippen molar-refractivity contribution in [1.82, 2.24) is 0 Å². The minimum atomic E-state index is -0.145. The zero-order chi connectivity index (χ0) is 13.7. The molecule has 0 radical (unpaired) electrons. The molecular formula is C16H18O3. The number of hydrogen-bond acceptors (Lipinski definition) is 3. The Bertz CT molecular complexity index is 520. The maximum atomic E-state index is 9.45. The van der Waals surface area contributed by atoms with Crippen LogP contribution in [0.15, 0.2) is 48.5 Å². The Morgan fingerprint density at radius 2 is 1.84 bits per heavy atom. The first kappa shape index (κ1) is 13.4. The lowest BCUT2D eigenvalue weighted by molar-refractivity contribution is 0.205. The monoisotopic (exact) mass is 258 g/mol. The van der Waals surface area contributed by atoms with Gasteiger partial charge >= 0.3 is 0 Å². The van der Waals surface area contributed by atoms with Crippen molar-refractivity contribution < 1.29 is 14.9 Å². The summed E-state index contributed by atoms with van der Waals surface area (Å²) in [7, 11) is 0. The van der Waals surface area contributed by atoms with Gasteiger partial charge in [0.25, 0.3) is 0 Å². The number of ether oxygens (including phenoxy) is 1. The molecule has 2 aromatic rings. The maximum absolute atomic E-state index is 9.45. The molecule has 0 saturated carbocycles. The van der Waals surface area contributed by atoms with Gasteiger partial charge in [0.2, 0.25) is 0 Å². The summed E-state index contributed by atoms with van der Waals surface area (Å²) in [6, 6.07) is 14.7. The van der Waals surface area contributed by atoms with Gasteiger partial charge in [0.15, 0.2) is 0 Å². The first-order valence-electron chi connectivity index (χ1n) is 6.28. The molecule has 0 spiro atoms. The van der Waals surface area contributed by atoms with Gasteiger partial charge in [-0.1, -0.05) is 29.8 Å². The van der Waals surface area contributed by atoms with Crippen molar-refractivity contribution in [2.45, 2.75) is 12.8 Å². The number of benzene rings is 2. The standard InChI is InChI=1S/C16H18O3/c1-12-5-7-16(8-6-12)19-11-14(10-17)13-3-2-4-15(18)9-13/h2-9,14,17-18H,10-11H2,1H3. The summed E-state index contributed by atoms with van der Waals surface area (Å²) in [5.41, 5.74) is 2.05. The number of aliphatic hydroxyl groups is 1. The quantitative estimate of drug-likeness (QED) is 0.867. The van der Waals surface area contributed by atoms with Gasteiger partial charge in [0.05, 0.1) is 13.2 Å². The fourth-order valence-corrected chi connectivity index (χ4v) is 1.86. The van der Waals surface area contributed by atoms with Gasteiger partial charge in [-0.25, -0.2) is 0 Å². The van der Waals surface area contributed by atoms with Gasteiger partial charge in [0.1, 0.15) is 11.5 Å². The van der Waals surface area contributed by atoms with Gasteiger partial charge in [0, 0.05) is 5.92 Å². The molecule has 0 aliphatic carbocycles. The largest absolute Gasteiger partial charge is 0.508 e. The van der Waals surface area contributed by atoms with Crippen molar-refractivity contribution in [2.24, 2.45) is 0 Å². The van der Waals surface area contributed by atoms with E-state index in [2.05, 4.69) is 0 Å². The number of rotatable bonds is 5. The van der Waals surface area contributed by atoms with Crippen LogP contribution in [-0.2, 0) is 0 Å². The van der Waals surface area contributed by atoms with Gasteiger partial charge < -0.3 is 14.9 Å². The van der Waals surface area contributed by atoms with E-state index in [0.29, 0.717) is 6.61 Å². The second-order valence-corrected chi connectivity index (χ2v) is 4.60. The Labute approximate surface area is 113 Å². The third kappa shape index (κ3) is 3.73. The maximum Gasteiger partial charge on any atom is 0.119 e. The van der Waals surface area contributed by atoms with Crippen LogP contribution in [0.2, 0.25) is 0 Å². The number of aryl methyl sites for hydroxylation is 1. The van der Waals surface area contributed by atoms with E-state index in [1.807, 2.05) is 37.3 Å². The van der Waals surface area contributed by atoms with Gasteiger partial charge in [-0.3, -0.25) is 0 Å². The topological polar surface area (TPSA) is 49.7 Å². The van der Waals surface area contributed by atoms with Crippen molar-refractivity contribution in [3.63, 3.8) is 0 Å². The van der Waals surface area contributed by atoms with E-state index in [1.165, 1.54) is 5.56 Å². The lowest BCUT2D eigenvalue weighted by atomic mass is 10.0. The van der Waals surface area contributed by atoms with Crippen LogP contribution >= 0.6 is 0 Å². The highest BCUT2D eigenvalue weighted by Gasteiger charge is 2.12. The molecular weight excluding hydrogens is 240 g/mol. The van der Waals surface area contributed by atoms with E-state index in [0.717, 1.165) is 11.3 Å². The van der Waals surface area contributed by atoms with E-state index in [-0.39, 0.29) is 18.3 Å². The molecule has 0 fully saturated rings. The fraction of sp³-hybridized carbons (Fsp3) is 0.250. The van der Waals surface area contributed by atoms with E-state index >= 15 is 0 Å². The van der Waals surface area contributed by atoms with E-state index < -0.39 is 0 Å². The zero-order valence-electron chi connectivity index (χ0n) is 10.9. The van der Waals surface area contributed by atoms with Crippen molar-refractivity contribution in [3.8, 4) is 11.5 Å². The number of phenolic OH excluding ortho intramolecular Hbond substituents is 1. The summed E-state index contributed by atoms with van der Waals surface area (Å²) >= 11 is 0. The van der Waals surface area contributed by atoms with Crippen molar-refractivity contribution in [2.75, 3.05) is 13.2 Å². The van der Waals surface area contributed by atoms with Crippen molar-refractivity contribution >= 4 is 0 Å².